The standard InChI is InChI=1S/C18H25N3O2/c1-14(15-8-10-19-11-9-15)20-16-4-6-18(7-5-16)23-13-17(22)12-21(2)3/h4-11,14,17,20,22H,12-13H2,1-3H3. The maximum absolute atomic E-state index is 9.80. The molecule has 0 spiro atoms. The molecule has 0 bridgehead atoms. The van der Waals surface area contributed by atoms with Crippen LogP contribution in [0.1, 0.15) is 18.5 Å². The van der Waals surface area contributed by atoms with Crippen molar-refractivity contribution in [1.29, 1.82) is 0 Å². The van der Waals surface area contributed by atoms with Crippen molar-refractivity contribution in [3.05, 3.63) is 54.4 Å². The van der Waals surface area contributed by atoms with Gasteiger partial charge in [0.15, 0.2) is 0 Å². The molecule has 2 rings (SSSR count). The van der Waals surface area contributed by atoms with Gasteiger partial charge in [0.05, 0.1) is 0 Å². The van der Waals surface area contributed by atoms with E-state index < -0.39 is 6.10 Å². The number of aliphatic hydroxyl groups excluding tert-OH is 1. The Morgan fingerprint density at radius 3 is 2.39 bits per heavy atom. The Morgan fingerprint density at radius 1 is 1.13 bits per heavy atom. The van der Waals surface area contributed by atoms with E-state index in [2.05, 4.69) is 17.2 Å². The van der Waals surface area contributed by atoms with Crippen LogP contribution in [-0.4, -0.2) is 48.3 Å². The van der Waals surface area contributed by atoms with Crippen molar-refractivity contribution in [2.24, 2.45) is 0 Å². The van der Waals surface area contributed by atoms with Crippen molar-refractivity contribution in [2.75, 3.05) is 32.6 Å². The second-order valence-corrected chi connectivity index (χ2v) is 5.90. The van der Waals surface area contributed by atoms with Crippen molar-refractivity contribution < 1.29 is 9.84 Å². The summed E-state index contributed by atoms with van der Waals surface area (Å²) >= 11 is 0. The molecule has 2 atom stereocenters. The van der Waals surface area contributed by atoms with E-state index in [1.54, 1.807) is 12.4 Å². The Hall–Kier alpha value is -2.11. The first-order valence-electron chi connectivity index (χ1n) is 7.76. The Kier molecular flexibility index (Phi) is 6.38. The van der Waals surface area contributed by atoms with E-state index in [0.29, 0.717) is 13.2 Å². The van der Waals surface area contributed by atoms with Crippen molar-refractivity contribution >= 4 is 5.69 Å². The Morgan fingerprint density at radius 2 is 1.78 bits per heavy atom. The first-order chi connectivity index (χ1) is 11.0. The number of aliphatic hydroxyl groups is 1. The van der Waals surface area contributed by atoms with Gasteiger partial charge in [-0.25, -0.2) is 0 Å². The SMILES string of the molecule is CC(Nc1ccc(OCC(O)CN(C)C)cc1)c1ccncc1. The van der Waals surface area contributed by atoms with Gasteiger partial charge in [0.2, 0.25) is 0 Å². The molecular weight excluding hydrogens is 290 g/mol. The highest BCUT2D eigenvalue weighted by Gasteiger charge is 2.07. The van der Waals surface area contributed by atoms with Crippen LogP contribution in [-0.2, 0) is 0 Å². The van der Waals surface area contributed by atoms with Gasteiger partial charge in [-0.1, -0.05) is 0 Å². The van der Waals surface area contributed by atoms with E-state index in [0.717, 1.165) is 11.4 Å². The van der Waals surface area contributed by atoms with Crippen molar-refractivity contribution in [3.8, 4) is 5.75 Å². The number of benzene rings is 1. The quantitative estimate of drug-likeness (QED) is 0.784. The number of nitrogens with one attached hydrogen (secondary N) is 1. The summed E-state index contributed by atoms with van der Waals surface area (Å²) in [6, 6.07) is 12.0. The fraction of sp³-hybridized carbons (Fsp3) is 0.389. The van der Waals surface area contributed by atoms with Crippen LogP contribution >= 0.6 is 0 Å². The average Bonchev–Trinajstić information content (AvgIpc) is 2.54. The van der Waals surface area contributed by atoms with Gasteiger partial charge >= 0.3 is 0 Å². The monoisotopic (exact) mass is 315 g/mol. The average molecular weight is 315 g/mol. The minimum atomic E-state index is -0.491. The van der Waals surface area contributed by atoms with E-state index in [-0.39, 0.29) is 6.04 Å². The molecule has 0 saturated carbocycles. The highest BCUT2D eigenvalue weighted by atomic mass is 16.5. The third kappa shape index (κ3) is 5.88. The summed E-state index contributed by atoms with van der Waals surface area (Å²) in [4.78, 5) is 5.96. The summed E-state index contributed by atoms with van der Waals surface area (Å²) in [6.07, 6.45) is 3.10. The molecule has 0 saturated heterocycles. The van der Waals surface area contributed by atoms with Crippen LogP contribution in [0.5, 0.6) is 5.75 Å². The van der Waals surface area contributed by atoms with Gasteiger partial charge < -0.3 is 20.1 Å². The smallest absolute Gasteiger partial charge is 0.119 e. The van der Waals surface area contributed by atoms with E-state index >= 15 is 0 Å². The molecule has 0 fully saturated rings. The van der Waals surface area contributed by atoms with Crippen LogP contribution in [0.15, 0.2) is 48.8 Å². The molecule has 1 aromatic heterocycles. The summed E-state index contributed by atoms with van der Waals surface area (Å²) < 4.78 is 5.60. The molecule has 0 aliphatic carbocycles. The zero-order chi connectivity index (χ0) is 16.7. The zero-order valence-corrected chi connectivity index (χ0v) is 13.9. The van der Waals surface area contributed by atoms with E-state index in [9.17, 15) is 5.11 Å². The molecular formula is C18H25N3O2. The maximum atomic E-state index is 9.80. The van der Waals surface area contributed by atoms with Crippen LogP contribution < -0.4 is 10.1 Å². The van der Waals surface area contributed by atoms with E-state index in [4.69, 9.17) is 4.74 Å². The topological polar surface area (TPSA) is 57.6 Å². The number of hydrogen-bond donors (Lipinski definition) is 2. The molecule has 0 aliphatic rings. The predicted octanol–water partition coefficient (Wildman–Crippen LogP) is 2.56. The lowest BCUT2D eigenvalue weighted by molar-refractivity contribution is 0.0831. The van der Waals surface area contributed by atoms with Crippen molar-refractivity contribution in [3.63, 3.8) is 0 Å². The normalized spacial score (nSPS) is 13.6. The molecule has 5 nitrogen and oxygen atoms in total. The lowest BCUT2D eigenvalue weighted by Gasteiger charge is -2.17. The number of pyridine rings is 1. The van der Waals surface area contributed by atoms with E-state index in [1.165, 1.54) is 5.56 Å². The minimum absolute atomic E-state index is 0.201. The third-order valence-electron chi connectivity index (χ3n) is 3.46. The Bertz CT molecular complexity index is 573. The van der Waals surface area contributed by atoms with Gasteiger partial charge in [0.25, 0.3) is 0 Å². The van der Waals surface area contributed by atoms with Crippen LogP contribution in [0, 0.1) is 0 Å². The van der Waals surface area contributed by atoms with Gasteiger partial charge in [0.1, 0.15) is 18.5 Å². The molecule has 124 valence electrons. The molecule has 5 heteroatoms. The van der Waals surface area contributed by atoms with E-state index in [1.807, 2.05) is 55.4 Å². The fourth-order valence-corrected chi connectivity index (χ4v) is 2.30. The molecule has 2 aromatic rings. The molecule has 23 heavy (non-hydrogen) atoms. The number of rotatable bonds is 8. The molecule has 2 N–H and O–H groups in total. The Labute approximate surface area is 137 Å². The van der Waals surface area contributed by atoms with Crippen LogP contribution in [0.3, 0.4) is 0 Å². The highest BCUT2D eigenvalue weighted by molar-refractivity contribution is 5.48. The summed E-state index contributed by atoms with van der Waals surface area (Å²) in [5.74, 6) is 0.755. The maximum Gasteiger partial charge on any atom is 0.119 e. The number of aromatic nitrogens is 1. The van der Waals surface area contributed by atoms with Gasteiger partial charge in [0, 0.05) is 30.7 Å². The van der Waals surface area contributed by atoms with Gasteiger partial charge in [-0.3, -0.25) is 4.98 Å². The first-order valence-corrected chi connectivity index (χ1v) is 7.76. The van der Waals surface area contributed by atoms with Gasteiger partial charge in [-0.05, 0) is 63.0 Å². The molecule has 2 unspecified atom stereocenters. The van der Waals surface area contributed by atoms with Crippen LogP contribution in [0.25, 0.3) is 0 Å². The fourth-order valence-electron chi connectivity index (χ4n) is 2.30. The highest BCUT2D eigenvalue weighted by Crippen LogP contribution is 2.21. The largest absolute Gasteiger partial charge is 0.491 e. The molecule has 0 amide bonds. The lowest BCUT2D eigenvalue weighted by atomic mass is 10.1. The second-order valence-electron chi connectivity index (χ2n) is 5.90. The van der Waals surface area contributed by atoms with Crippen LogP contribution in [0.4, 0.5) is 5.69 Å². The number of likely N-dealkylation sites (N-methyl/N-ethyl adjacent to an activating group) is 1. The van der Waals surface area contributed by atoms with Gasteiger partial charge in [-0.2, -0.15) is 0 Å². The number of ether oxygens (including phenoxy) is 1. The number of anilines is 1. The van der Waals surface area contributed by atoms with Gasteiger partial charge in [-0.15, -0.1) is 0 Å². The molecule has 1 heterocycles. The Balaban J connectivity index is 1.85. The number of hydrogen-bond acceptors (Lipinski definition) is 5. The summed E-state index contributed by atoms with van der Waals surface area (Å²) in [7, 11) is 3.85. The summed E-state index contributed by atoms with van der Waals surface area (Å²) in [6.45, 7) is 2.98. The predicted molar refractivity (Wildman–Crippen MR) is 92.8 cm³/mol. The van der Waals surface area contributed by atoms with Crippen molar-refractivity contribution in [2.45, 2.75) is 19.1 Å². The summed E-state index contributed by atoms with van der Waals surface area (Å²) in [5.41, 5.74) is 2.21. The molecule has 0 aliphatic heterocycles. The minimum Gasteiger partial charge on any atom is -0.491 e. The second kappa shape index (κ2) is 8.50. The third-order valence-corrected chi connectivity index (χ3v) is 3.46. The van der Waals surface area contributed by atoms with Crippen molar-refractivity contribution in [1.82, 2.24) is 9.88 Å². The summed E-state index contributed by atoms with van der Waals surface area (Å²) in [5, 5.41) is 13.2. The molecule has 0 radical (unpaired) electrons. The first kappa shape index (κ1) is 17.2. The lowest BCUT2D eigenvalue weighted by Crippen LogP contribution is -2.30. The molecule has 1 aromatic carbocycles. The zero-order valence-electron chi connectivity index (χ0n) is 13.9. The number of nitrogens with zero attached hydrogens (tertiary/aromatic N) is 2. The van der Waals surface area contributed by atoms with Crippen LogP contribution in [0.2, 0.25) is 0 Å².